The first kappa shape index (κ1) is 11.9. The standard InChI is InChI=1S/C10H23NO/c1-5-8(3)9(4)11-10(6-2)7-12/h8-12H,5-7H2,1-4H3/t8?,9?,10-/m1/s1. The third kappa shape index (κ3) is 4.07. The normalized spacial score (nSPS) is 18.8. The lowest BCUT2D eigenvalue weighted by Gasteiger charge is -2.24. The molecule has 0 heterocycles. The molecule has 2 nitrogen and oxygen atoms in total. The highest BCUT2D eigenvalue weighted by Gasteiger charge is 2.13. The van der Waals surface area contributed by atoms with Gasteiger partial charge in [0.25, 0.3) is 0 Å². The van der Waals surface area contributed by atoms with Crippen molar-refractivity contribution in [3.63, 3.8) is 0 Å². The molecule has 12 heavy (non-hydrogen) atoms. The summed E-state index contributed by atoms with van der Waals surface area (Å²) in [5, 5.41) is 12.4. The number of nitrogens with one attached hydrogen (secondary N) is 1. The van der Waals surface area contributed by atoms with Crippen molar-refractivity contribution in [1.29, 1.82) is 0 Å². The Hall–Kier alpha value is -0.0800. The topological polar surface area (TPSA) is 32.3 Å². The average Bonchev–Trinajstić information content (AvgIpc) is 2.12. The van der Waals surface area contributed by atoms with E-state index in [1.165, 1.54) is 6.42 Å². The van der Waals surface area contributed by atoms with Gasteiger partial charge in [0, 0.05) is 12.1 Å². The van der Waals surface area contributed by atoms with Gasteiger partial charge in [-0.2, -0.15) is 0 Å². The van der Waals surface area contributed by atoms with Gasteiger partial charge in [-0.25, -0.2) is 0 Å². The Balaban J connectivity index is 3.72. The van der Waals surface area contributed by atoms with Gasteiger partial charge in [0.15, 0.2) is 0 Å². The highest BCUT2D eigenvalue weighted by atomic mass is 16.3. The summed E-state index contributed by atoms with van der Waals surface area (Å²) in [6, 6.07) is 0.779. The molecule has 0 saturated carbocycles. The molecular formula is C10H23NO. The third-order valence-corrected chi connectivity index (χ3v) is 2.71. The maximum absolute atomic E-state index is 8.97. The largest absolute Gasteiger partial charge is 0.395 e. The molecule has 0 spiro atoms. The number of rotatable bonds is 6. The fourth-order valence-corrected chi connectivity index (χ4v) is 1.19. The minimum Gasteiger partial charge on any atom is -0.395 e. The first-order chi connectivity index (χ1) is 5.65. The third-order valence-electron chi connectivity index (χ3n) is 2.71. The quantitative estimate of drug-likeness (QED) is 0.641. The van der Waals surface area contributed by atoms with E-state index < -0.39 is 0 Å². The summed E-state index contributed by atoms with van der Waals surface area (Å²) in [6.45, 7) is 8.96. The van der Waals surface area contributed by atoms with E-state index in [0.717, 1.165) is 6.42 Å². The predicted molar refractivity (Wildman–Crippen MR) is 53.2 cm³/mol. The Kier molecular flexibility index (Phi) is 6.39. The zero-order valence-corrected chi connectivity index (χ0v) is 8.80. The number of hydrogen-bond donors (Lipinski definition) is 2. The van der Waals surface area contributed by atoms with Gasteiger partial charge in [0.2, 0.25) is 0 Å². The predicted octanol–water partition coefficient (Wildman–Crippen LogP) is 1.78. The molecule has 0 rings (SSSR count). The molecule has 0 saturated heterocycles. The number of aliphatic hydroxyl groups excluding tert-OH is 1. The molecule has 0 aromatic heterocycles. The van der Waals surface area contributed by atoms with Crippen LogP contribution in [0, 0.1) is 5.92 Å². The molecular weight excluding hydrogens is 150 g/mol. The summed E-state index contributed by atoms with van der Waals surface area (Å²) in [6.07, 6.45) is 2.19. The Morgan fingerprint density at radius 1 is 1.17 bits per heavy atom. The van der Waals surface area contributed by atoms with Crippen molar-refractivity contribution in [3.8, 4) is 0 Å². The lowest BCUT2D eigenvalue weighted by Crippen LogP contribution is -2.41. The van der Waals surface area contributed by atoms with Crippen molar-refractivity contribution in [3.05, 3.63) is 0 Å². The van der Waals surface area contributed by atoms with Crippen molar-refractivity contribution < 1.29 is 5.11 Å². The Morgan fingerprint density at radius 3 is 2.08 bits per heavy atom. The zero-order chi connectivity index (χ0) is 9.56. The van der Waals surface area contributed by atoms with Crippen LogP contribution in [-0.4, -0.2) is 23.8 Å². The fourth-order valence-electron chi connectivity index (χ4n) is 1.19. The van der Waals surface area contributed by atoms with Gasteiger partial charge in [-0.15, -0.1) is 0 Å². The number of hydrogen-bond acceptors (Lipinski definition) is 2. The van der Waals surface area contributed by atoms with Gasteiger partial charge < -0.3 is 10.4 Å². The Bertz CT molecular complexity index is 102. The fraction of sp³-hybridized carbons (Fsp3) is 1.00. The van der Waals surface area contributed by atoms with Crippen LogP contribution in [0.5, 0.6) is 0 Å². The SMILES string of the molecule is CCC(C)C(C)N[C@H](CC)CO. The minimum absolute atomic E-state index is 0.247. The monoisotopic (exact) mass is 173 g/mol. The highest BCUT2D eigenvalue weighted by molar-refractivity contribution is 4.72. The van der Waals surface area contributed by atoms with Gasteiger partial charge in [-0.1, -0.05) is 27.2 Å². The van der Waals surface area contributed by atoms with E-state index in [2.05, 4.69) is 33.0 Å². The van der Waals surface area contributed by atoms with E-state index in [-0.39, 0.29) is 12.6 Å². The second kappa shape index (κ2) is 6.44. The van der Waals surface area contributed by atoms with Crippen LogP contribution >= 0.6 is 0 Å². The van der Waals surface area contributed by atoms with Crippen molar-refractivity contribution in [1.82, 2.24) is 5.32 Å². The van der Waals surface area contributed by atoms with E-state index in [9.17, 15) is 0 Å². The molecule has 3 atom stereocenters. The second-order valence-corrected chi connectivity index (χ2v) is 3.63. The molecule has 0 fully saturated rings. The Morgan fingerprint density at radius 2 is 1.75 bits per heavy atom. The van der Waals surface area contributed by atoms with Crippen molar-refractivity contribution in [2.24, 2.45) is 5.92 Å². The molecule has 0 aliphatic rings. The lowest BCUT2D eigenvalue weighted by molar-refractivity contribution is 0.216. The second-order valence-electron chi connectivity index (χ2n) is 3.63. The molecule has 2 heteroatoms. The summed E-state index contributed by atoms with van der Waals surface area (Å²) in [5.74, 6) is 0.686. The summed E-state index contributed by atoms with van der Waals surface area (Å²) in [4.78, 5) is 0. The molecule has 0 aliphatic carbocycles. The molecule has 2 N–H and O–H groups in total. The van der Waals surface area contributed by atoms with Crippen molar-refractivity contribution in [2.75, 3.05) is 6.61 Å². The van der Waals surface area contributed by atoms with E-state index in [0.29, 0.717) is 12.0 Å². The van der Waals surface area contributed by atoms with E-state index in [1.54, 1.807) is 0 Å². The maximum Gasteiger partial charge on any atom is 0.0584 e. The molecule has 0 amide bonds. The molecule has 2 unspecified atom stereocenters. The van der Waals surface area contributed by atoms with E-state index in [4.69, 9.17) is 5.11 Å². The molecule has 74 valence electrons. The highest BCUT2D eigenvalue weighted by Crippen LogP contribution is 2.07. The molecule has 0 aliphatic heterocycles. The first-order valence-electron chi connectivity index (χ1n) is 5.02. The van der Waals surface area contributed by atoms with Crippen LogP contribution in [0.3, 0.4) is 0 Å². The smallest absolute Gasteiger partial charge is 0.0584 e. The molecule has 0 aromatic rings. The lowest BCUT2D eigenvalue weighted by atomic mass is 10.00. The summed E-state index contributed by atoms with van der Waals surface area (Å²) >= 11 is 0. The van der Waals surface area contributed by atoms with Crippen LogP contribution in [0.4, 0.5) is 0 Å². The number of aliphatic hydroxyl groups is 1. The van der Waals surface area contributed by atoms with Crippen LogP contribution in [0.1, 0.15) is 40.5 Å². The summed E-state index contributed by atoms with van der Waals surface area (Å²) in [7, 11) is 0. The maximum atomic E-state index is 8.97. The van der Waals surface area contributed by atoms with E-state index in [1.807, 2.05) is 0 Å². The minimum atomic E-state index is 0.247. The van der Waals surface area contributed by atoms with Crippen molar-refractivity contribution in [2.45, 2.75) is 52.6 Å². The first-order valence-corrected chi connectivity index (χ1v) is 5.02. The van der Waals surface area contributed by atoms with Crippen LogP contribution < -0.4 is 5.32 Å². The average molecular weight is 173 g/mol. The van der Waals surface area contributed by atoms with Crippen LogP contribution in [-0.2, 0) is 0 Å². The van der Waals surface area contributed by atoms with Gasteiger partial charge >= 0.3 is 0 Å². The summed E-state index contributed by atoms with van der Waals surface area (Å²) in [5.41, 5.74) is 0. The zero-order valence-electron chi connectivity index (χ0n) is 8.80. The van der Waals surface area contributed by atoms with Gasteiger partial charge in [-0.05, 0) is 19.3 Å². The van der Waals surface area contributed by atoms with Crippen LogP contribution in [0.25, 0.3) is 0 Å². The van der Waals surface area contributed by atoms with Gasteiger partial charge in [-0.3, -0.25) is 0 Å². The van der Waals surface area contributed by atoms with Crippen LogP contribution in [0.2, 0.25) is 0 Å². The van der Waals surface area contributed by atoms with Crippen LogP contribution in [0.15, 0.2) is 0 Å². The van der Waals surface area contributed by atoms with Crippen molar-refractivity contribution >= 4 is 0 Å². The summed E-state index contributed by atoms with van der Waals surface area (Å²) < 4.78 is 0. The van der Waals surface area contributed by atoms with Gasteiger partial charge in [0.05, 0.1) is 6.61 Å². The molecule has 0 aromatic carbocycles. The van der Waals surface area contributed by atoms with Gasteiger partial charge in [0.1, 0.15) is 0 Å². The molecule has 0 bridgehead atoms. The molecule has 0 radical (unpaired) electrons. The van der Waals surface area contributed by atoms with E-state index >= 15 is 0 Å². The Labute approximate surface area is 76.4 Å².